The van der Waals surface area contributed by atoms with Crippen molar-refractivity contribution in [3.8, 4) is 6.07 Å². The van der Waals surface area contributed by atoms with Gasteiger partial charge in [0, 0.05) is 12.6 Å². The Bertz CT molecular complexity index is 458. The standard InChI is InChI=1S/C14H16N2/c1-10-2-5-14(12(6-10)8-15)16-9-11-3-4-13(16)7-11/h2,5-6,11,13H,3-4,7,9H2,1H3. The number of piperidine rings is 1. The molecule has 2 atom stereocenters. The Hall–Kier alpha value is -1.49. The molecule has 2 unspecified atom stereocenters. The molecular formula is C14H16N2. The van der Waals surface area contributed by atoms with E-state index in [1.54, 1.807) is 0 Å². The molecule has 3 rings (SSSR count). The maximum Gasteiger partial charge on any atom is 0.101 e. The van der Waals surface area contributed by atoms with E-state index in [1.165, 1.54) is 24.8 Å². The Balaban J connectivity index is 1.98. The molecule has 0 spiro atoms. The van der Waals surface area contributed by atoms with E-state index in [1.807, 2.05) is 13.0 Å². The molecule has 2 fully saturated rings. The molecule has 2 aliphatic rings. The van der Waals surface area contributed by atoms with Crippen LogP contribution in [0.25, 0.3) is 0 Å². The lowest BCUT2D eigenvalue weighted by molar-refractivity contribution is 0.553. The van der Waals surface area contributed by atoms with E-state index >= 15 is 0 Å². The van der Waals surface area contributed by atoms with Crippen LogP contribution in [0.4, 0.5) is 5.69 Å². The summed E-state index contributed by atoms with van der Waals surface area (Å²) in [5.74, 6) is 0.873. The van der Waals surface area contributed by atoms with Crippen LogP contribution in [0.2, 0.25) is 0 Å². The van der Waals surface area contributed by atoms with Crippen molar-refractivity contribution in [1.82, 2.24) is 0 Å². The molecule has 1 saturated carbocycles. The molecule has 16 heavy (non-hydrogen) atoms. The summed E-state index contributed by atoms with van der Waals surface area (Å²) in [5.41, 5.74) is 3.16. The minimum Gasteiger partial charge on any atom is -0.367 e. The second-order valence-corrected chi connectivity index (χ2v) is 5.12. The Kier molecular flexibility index (Phi) is 2.14. The number of nitriles is 1. The highest BCUT2D eigenvalue weighted by molar-refractivity contribution is 5.62. The van der Waals surface area contributed by atoms with Crippen molar-refractivity contribution in [2.45, 2.75) is 32.2 Å². The van der Waals surface area contributed by atoms with Crippen molar-refractivity contribution in [3.63, 3.8) is 0 Å². The summed E-state index contributed by atoms with van der Waals surface area (Å²) < 4.78 is 0. The van der Waals surface area contributed by atoms with Crippen LogP contribution in [-0.2, 0) is 0 Å². The number of benzene rings is 1. The third kappa shape index (κ3) is 1.39. The van der Waals surface area contributed by atoms with Gasteiger partial charge in [-0.3, -0.25) is 0 Å². The molecule has 1 heterocycles. The van der Waals surface area contributed by atoms with E-state index in [0.717, 1.165) is 23.7 Å². The molecule has 1 aromatic rings. The summed E-state index contributed by atoms with van der Waals surface area (Å²) >= 11 is 0. The lowest BCUT2D eigenvalue weighted by Crippen LogP contribution is -2.32. The summed E-state index contributed by atoms with van der Waals surface area (Å²) in [6.07, 6.45) is 4.02. The van der Waals surface area contributed by atoms with Gasteiger partial charge in [0.2, 0.25) is 0 Å². The van der Waals surface area contributed by atoms with E-state index in [0.29, 0.717) is 6.04 Å². The maximum absolute atomic E-state index is 9.20. The van der Waals surface area contributed by atoms with Gasteiger partial charge >= 0.3 is 0 Å². The quantitative estimate of drug-likeness (QED) is 0.715. The summed E-state index contributed by atoms with van der Waals surface area (Å²) in [4.78, 5) is 2.45. The molecule has 2 nitrogen and oxygen atoms in total. The van der Waals surface area contributed by atoms with Gasteiger partial charge in [-0.15, -0.1) is 0 Å². The number of rotatable bonds is 1. The number of nitrogens with zero attached hydrogens (tertiary/aromatic N) is 2. The number of aryl methyl sites for hydroxylation is 1. The number of anilines is 1. The molecule has 0 radical (unpaired) electrons. The zero-order valence-electron chi connectivity index (χ0n) is 9.61. The lowest BCUT2D eigenvalue weighted by Gasteiger charge is -2.30. The maximum atomic E-state index is 9.20. The first-order valence-corrected chi connectivity index (χ1v) is 6.05. The fourth-order valence-corrected chi connectivity index (χ4v) is 3.21. The van der Waals surface area contributed by atoms with E-state index in [4.69, 9.17) is 0 Å². The van der Waals surface area contributed by atoms with Crippen molar-refractivity contribution in [2.75, 3.05) is 11.4 Å². The fourth-order valence-electron chi connectivity index (χ4n) is 3.21. The van der Waals surface area contributed by atoms with Crippen LogP contribution >= 0.6 is 0 Å². The molecule has 1 aliphatic heterocycles. The van der Waals surface area contributed by atoms with Gasteiger partial charge in [-0.2, -0.15) is 5.26 Å². The van der Waals surface area contributed by atoms with E-state index in [2.05, 4.69) is 23.1 Å². The predicted octanol–water partition coefficient (Wildman–Crippen LogP) is 2.86. The van der Waals surface area contributed by atoms with Crippen molar-refractivity contribution < 1.29 is 0 Å². The minimum absolute atomic E-state index is 0.694. The predicted molar refractivity (Wildman–Crippen MR) is 64.4 cm³/mol. The average molecular weight is 212 g/mol. The van der Waals surface area contributed by atoms with Gasteiger partial charge in [0.05, 0.1) is 11.3 Å². The van der Waals surface area contributed by atoms with Crippen LogP contribution in [0.5, 0.6) is 0 Å². The first-order valence-electron chi connectivity index (χ1n) is 6.05. The van der Waals surface area contributed by atoms with Crippen molar-refractivity contribution in [3.05, 3.63) is 29.3 Å². The number of hydrogen-bond acceptors (Lipinski definition) is 2. The van der Waals surface area contributed by atoms with Gasteiger partial charge in [0.15, 0.2) is 0 Å². The van der Waals surface area contributed by atoms with Crippen molar-refractivity contribution in [2.24, 2.45) is 5.92 Å². The highest BCUT2D eigenvalue weighted by atomic mass is 15.2. The average Bonchev–Trinajstić information content (AvgIpc) is 2.90. The molecule has 1 aromatic carbocycles. The van der Waals surface area contributed by atoms with Gasteiger partial charge in [-0.05, 0) is 49.8 Å². The summed E-state index contributed by atoms with van der Waals surface area (Å²) in [5, 5.41) is 9.20. The third-order valence-corrected chi connectivity index (χ3v) is 3.99. The monoisotopic (exact) mass is 212 g/mol. The SMILES string of the molecule is Cc1ccc(N2CC3CCC2C3)c(C#N)c1. The Morgan fingerprint density at radius 1 is 1.38 bits per heavy atom. The molecule has 0 aromatic heterocycles. The highest BCUT2D eigenvalue weighted by Crippen LogP contribution is 2.41. The lowest BCUT2D eigenvalue weighted by atomic mass is 10.1. The molecular weight excluding hydrogens is 196 g/mol. The summed E-state index contributed by atoms with van der Waals surface area (Å²) in [7, 11) is 0. The van der Waals surface area contributed by atoms with Crippen molar-refractivity contribution >= 4 is 5.69 Å². The number of hydrogen-bond donors (Lipinski definition) is 0. The Morgan fingerprint density at radius 3 is 2.88 bits per heavy atom. The Morgan fingerprint density at radius 2 is 2.25 bits per heavy atom. The fraction of sp³-hybridized carbons (Fsp3) is 0.500. The van der Waals surface area contributed by atoms with Crippen LogP contribution in [0.1, 0.15) is 30.4 Å². The second kappa shape index (κ2) is 3.52. The minimum atomic E-state index is 0.694. The van der Waals surface area contributed by atoms with Gasteiger partial charge in [0.25, 0.3) is 0 Å². The molecule has 1 saturated heterocycles. The largest absolute Gasteiger partial charge is 0.367 e. The van der Waals surface area contributed by atoms with Crippen LogP contribution in [0.15, 0.2) is 18.2 Å². The van der Waals surface area contributed by atoms with Gasteiger partial charge < -0.3 is 4.90 Å². The molecule has 1 aliphatic carbocycles. The smallest absolute Gasteiger partial charge is 0.101 e. The van der Waals surface area contributed by atoms with Gasteiger partial charge in [-0.1, -0.05) is 6.07 Å². The second-order valence-electron chi connectivity index (χ2n) is 5.12. The van der Waals surface area contributed by atoms with Crippen LogP contribution in [-0.4, -0.2) is 12.6 Å². The molecule has 2 heteroatoms. The number of fused-ring (bicyclic) bond motifs is 2. The zero-order valence-corrected chi connectivity index (χ0v) is 9.61. The normalized spacial score (nSPS) is 27.1. The Labute approximate surface area is 96.5 Å². The van der Waals surface area contributed by atoms with Crippen LogP contribution in [0.3, 0.4) is 0 Å². The van der Waals surface area contributed by atoms with Crippen molar-refractivity contribution in [1.29, 1.82) is 5.26 Å². The molecule has 82 valence electrons. The topological polar surface area (TPSA) is 27.0 Å². The molecule has 0 amide bonds. The third-order valence-electron chi connectivity index (χ3n) is 3.99. The first-order chi connectivity index (χ1) is 7.78. The summed E-state index contributed by atoms with van der Waals surface area (Å²) in [6.45, 7) is 3.20. The van der Waals surface area contributed by atoms with Crippen LogP contribution < -0.4 is 4.90 Å². The van der Waals surface area contributed by atoms with Crippen LogP contribution in [0, 0.1) is 24.2 Å². The van der Waals surface area contributed by atoms with E-state index in [-0.39, 0.29) is 0 Å². The summed E-state index contributed by atoms with van der Waals surface area (Å²) in [6, 6.07) is 9.26. The highest BCUT2D eigenvalue weighted by Gasteiger charge is 2.38. The molecule has 2 bridgehead atoms. The van der Waals surface area contributed by atoms with Gasteiger partial charge in [-0.25, -0.2) is 0 Å². The molecule has 0 N–H and O–H groups in total. The zero-order chi connectivity index (χ0) is 11.1. The first kappa shape index (κ1) is 9.72. The van der Waals surface area contributed by atoms with Gasteiger partial charge in [0.1, 0.15) is 6.07 Å². The van der Waals surface area contributed by atoms with E-state index in [9.17, 15) is 5.26 Å². The van der Waals surface area contributed by atoms with E-state index < -0.39 is 0 Å².